The second kappa shape index (κ2) is 9.77. The van der Waals surface area contributed by atoms with Crippen molar-refractivity contribution in [3.63, 3.8) is 0 Å². The van der Waals surface area contributed by atoms with Crippen LogP contribution in [-0.2, 0) is 12.7 Å². The average Bonchev–Trinajstić information content (AvgIpc) is 2.81. The van der Waals surface area contributed by atoms with Crippen molar-refractivity contribution in [1.29, 1.82) is 0 Å². The zero-order valence-corrected chi connectivity index (χ0v) is 18.7. The summed E-state index contributed by atoms with van der Waals surface area (Å²) in [5, 5.41) is 3.33. The van der Waals surface area contributed by atoms with Gasteiger partial charge in [0, 0.05) is 41.6 Å². The fourth-order valence-electron chi connectivity index (χ4n) is 3.79. The number of hydrogen-bond donors (Lipinski definition) is 1. The molecule has 0 unspecified atom stereocenters. The second-order valence-electron chi connectivity index (χ2n) is 7.92. The van der Waals surface area contributed by atoms with Crippen molar-refractivity contribution in [1.82, 2.24) is 4.90 Å². The Bertz CT molecular complexity index is 1200. The zero-order valence-electron chi connectivity index (χ0n) is 18.0. The lowest BCUT2D eigenvalue weighted by Gasteiger charge is -2.36. The molecule has 1 aliphatic rings. The predicted octanol–water partition coefficient (Wildman–Crippen LogP) is 6.44. The fourth-order valence-corrected chi connectivity index (χ4v) is 3.92. The van der Waals surface area contributed by atoms with Crippen molar-refractivity contribution in [3.05, 3.63) is 94.5 Å². The third-order valence-electron chi connectivity index (χ3n) is 5.46. The number of nitrogens with zero attached hydrogens (tertiary/aromatic N) is 2. The molecular formula is C25H21ClF3N3O2. The predicted molar refractivity (Wildman–Crippen MR) is 125 cm³/mol. The van der Waals surface area contributed by atoms with E-state index in [0.29, 0.717) is 47.0 Å². The summed E-state index contributed by atoms with van der Waals surface area (Å²) >= 11 is 5.86. The van der Waals surface area contributed by atoms with E-state index >= 15 is 0 Å². The molecule has 1 saturated heterocycles. The first-order chi connectivity index (χ1) is 16.2. The van der Waals surface area contributed by atoms with Gasteiger partial charge < -0.3 is 10.2 Å². The van der Waals surface area contributed by atoms with E-state index in [0.717, 1.165) is 12.1 Å². The quantitative estimate of drug-likeness (QED) is 0.450. The van der Waals surface area contributed by atoms with Crippen molar-refractivity contribution < 1.29 is 22.8 Å². The van der Waals surface area contributed by atoms with E-state index < -0.39 is 11.7 Å². The van der Waals surface area contributed by atoms with Crippen molar-refractivity contribution in [2.24, 2.45) is 0 Å². The van der Waals surface area contributed by atoms with Crippen LogP contribution in [0.15, 0.2) is 72.8 Å². The van der Waals surface area contributed by atoms with Gasteiger partial charge in [-0.05, 0) is 66.6 Å². The van der Waals surface area contributed by atoms with Crippen LogP contribution in [0, 0.1) is 0 Å². The van der Waals surface area contributed by atoms with Crippen molar-refractivity contribution in [2.45, 2.75) is 19.1 Å². The van der Waals surface area contributed by atoms with E-state index in [9.17, 15) is 22.8 Å². The second-order valence-corrected chi connectivity index (χ2v) is 8.36. The molecule has 3 aromatic rings. The Hall–Kier alpha value is -3.52. The Kier molecular flexibility index (Phi) is 6.79. The van der Waals surface area contributed by atoms with Gasteiger partial charge in [0.25, 0.3) is 5.91 Å². The van der Waals surface area contributed by atoms with Gasteiger partial charge in [-0.15, -0.1) is 0 Å². The standard InChI is InChI=1S/C25H21ClF3N3O2/c26-20-10-8-18(9-11-20)23(33)30-21-6-2-7-22(15-21)32-13-3-12-31(24(32)34)16-17-4-1-5-19(14-17)25(27,28)29/h1-2,4-11,14-15H,3,12-13,16H2,(H,30,33). The molecule has 3 amide bonds. The average molecular weight is 488 g/mol. The minimum Gasteiger partial charge on any atom is -0.322 e. The molecule has 9 heteroatoms. The number of nitrogens with one attached hydrogen (secondary N) is 1. The Morgan fingerprint density at radius 2 is 1.71 bits per heavy atom. The summed E-state index contributed by atoms with van der Waals surface area (Å²) in [6.07, 6.45) is -3.78. The van der Waals surface area contributed by atoms with Gasteiger partial charge in [-0.3, -0.25) is 9.69 Å². The van der Waals surface area contributed by atoms with Gasteiger partial charge in [0.2, 0.25) is 0 Å². The number of urea groups is 1. The number of carbonyl (C=O) groups is 2. The van der Waals surface area contributed by atoms with Crippen LogP contribution in [0.5, 0.6) is 0 Å². The first-order valence-electron chi connectivity index (χ1n) is 10.6. The molecule has 0 aromatic heterocycles. The van der Waals surface area contributed by atoms with Crippen molar-refractivity contribution in [3.8, 4) is 0 Å². The molecule has 1 heterocycles. The number of carbonyl (C=O) groups excluding carboxylic acids is 2. The highest BCUT2D eigenvalue weighted by atomic mass is 35.5. The largest absolute Gasteiger partial charge is 0.416 e. The molecular weight excluding hydrogens is 467 g/mol. The molecule has 5 nitrogen and oxygen atoms in total. The molecule has 4 rings (SSSR count). The maximum atomic E-state index is 13.1. The topological polar surface area (TPSA) is 52.7 Å². The number of alkyl halides is 3. The molecule has 3 aromatic carbocycles. The maximum Gasteiger partial charge on any atom is 0.416 e. The third kappa shape index (κ3) is 5.51. The molecule has 0 saturated carbocycles. The molecule has 1 aliphatic heterocycles. The van der Waals surface area contributed by atoms with Gasteiger partial charge in [0.1, 0.15) is 0 Å². The van der Waals surface area contributed by atoms with E-state index in [-0.39, 0.29) is 18.5 Å². The van der Waals surface area contributed by atoms with Gasteiger partial charge in [-0.1, -0.05) is 29.8 Å². The van der Waals surface area contributed by atoms with Gasteiger partial charge in [0.15, 0.2) is 0 Å². The summed E-state index contributed by atoms with van der Waals surface area (Å²) in [6.45, 7) is 0.983. The smallest absolute Gasteiger partial charge is 0.322 e. The minimum absolute atomic E-state index is 0.0756. The van der Waals surface area contributed by atoms with E-state index in [1.807, 2.05) is 0 Å². The highest BCUT2D eigenvalue weighted by Crippen LogP contribution is 2.30. The molecule has 34 heavy (non-hydrogen) atoms. The summed E-state index contributed by atoms with van der Waals surface area (Å²) in [4.78, 5) is 28.7. The summed E-state index contributed by atoms with van der Waals surface area (Å²) in [7, 11) is 0. The molecule has 0 spiro atoms. The monoisotopic (exact) mass is 487 g/mol. The number of amides is 3. The van der Waals surface area contributed by atoms with Crippen molar-refractivity contribution >= 4 is 34.9 Å². The first kappa shape index (κ1) is 23.6. The van der Waals surface area contributed by atoms with E-state index in [2.05, 4.69) is 5.32 Å². The van der Waals surface area contributed by atoms with Crippen LogP contribution in [0.2, 0.25) is 5.02 Å². The van der Waals surface area contributed by atoms with Crippen LogP contribution in [0.3, 0.4) is 0 Å². The Balaban J connectivity index is 1.47. The number of hydrogen-bond acceptors (Lipinski definition) is 2. The summed E-state index contributed by atoms with van der Waals surface area (Å²) in [5.74, 6) is -0.315. The summed E-state index contributed by atoms with van der Waals surface area (Å²) in [6, 6.07) is 18.1. The lowest BCUT2D eigenvalue weighted by atomic mass is 10.1. The van der Waals surface area contributed by atoms with Crippen LogP contribution in [0.1, 0.15) is 27.9 Å². The Morgan fingerprint density at radius 1 is 0.971 bits per heavy atom. The van der Waals surface area contributed by atoms with Crippen LogP contribution in [-0.4, -0.2) is 29.9 Å². The highest BCUT2D eigenvalue weighted by molar-refractivity contribution is 6.30. The highest BCUT2D eigenvalue weighted by Gasteiger charge is 2.31. The van der Waals surface area contributed by atoms with Crippen LogP contribution in [0.25, 0.3) is 0 Å². The lowest BCUT2D eigenvalue weighted by Crippen LogP contribution is -2.49. The molecule has 1 N–H and O–H groups in total. The maximum absolute atomic E-state index is 13.1. The van der Waals surface area contributed by atoms with Gasteiger partial charge >= 0.3 is 12.2 Å². The number of halogens is 4. The summed E-state index contributed by atoms with van der Waals surface area (Å²) in [5.41, 5.74) is 1.22. The van der Waals surface area contributed by atoms with E-state index in [1.165, 1.54) is 11.0 Å². The number of rotatable bonds is 5. The SMILES string of the molecule is O=C(Nc1cccc(N2CCCN(Cc3cccc(C(F)(F)F)c3)C2=O)c1)c1ccc(Cl)cc1. The molecule has 176 valence electrons. The molecule has 1 fully saturated rings. The molecule has 0 atom stereocenters. The summed E-state index contributed by atoms with van der Waals surface area (Å²) < 4.78 is 39.1. The molecule has 0 aliphatic carbocycles. The first-order valence-corrected chi connectivity index (χ1v) is 11.0. The van der Waals surface area contributed by atoms with Gasteiger partial charge in [0.05, 0.1) is 5.56 Å². The molecule has 0 bridgehead atoms. The van der Waals surface area contributed by atoms with E-state index in [4.69, 9.17) is 11.6 Å². The minimum atomic E-state index is -4.44. The number of benzene rings is 3. The Morgan fingerprint density at radius 3 is 2.44 bits per heavy atom. The van der Waals surface area contributed by atoms with Gasteiger partial charge in [-0.2, -0.15) is 13.2 Å². The molecule has 0 radical (unpaired) electrons. The van der Waals surface area contributed by atoms with E-state index in [1.54, 1.807) is 59.5 Å². The van der Waals surface area contributed by atoms with Crippen molar-refractivity contribution in [2.75, 3.05) is 23.3 Å². The van der Waals surface area contributed by atoms with Crippen LogP contribution in [0.4, 0.5) is 29.3 Å². The third-order valence-corrected chi connectivity index (χ3v) is 5.71. The number of anilines is 2. The lowest BCUT2D eigenvalue weighted by molar-refractivity contribution is -0.137. The van der Waals surface area contributed by atoms with Crippen LogP contribution >= 0.6 is 11.6 Å². The van der Waals surface area contributed by atoms with Gasteiger partial charge in [-0.25, -0.2) is 4.79 Å². The normalized spacial score (nSPS) is 14.3. The zero-order chi connectivity index (χ0) is 24.3. The Labute approximate surface area is 199 Å². The van der Waals surface area contributed by atoms with Crippen LogP contribution < -0.4 is 10.2 Å². The fraction of sp³-hybridized carbons (Fsp3) is 0.200.